The molecule has 6 heteroatoms. The molecule has 1 atom stereocenters. The molecule has 1 unspecified atom stereocenters. The van der Waals surface area contributed by atoms with Gasteiger partial charge in [0.25, 0.3) is 0 Å². The van der Waals surface area contributed by atoms with Gasteiger partial charge in [0.2, 0.25) is 0 Å². The second kappa shape index (κ2) is 6.35. The normalized spacial score (nSPS) is 19.5. The standard InChI is InChI=1S/C19H18F2N2O2/c20-15-5-3-4-14(18(15)21)13-8-9-22(12-13)19(24)23-10-11-25-17-7-2-1-6-16(17)23/h1-7,13H,8-12H2. The van der Waals surface area contributed by atoms with E-state index in [1.165, 1.54) is 6.07 Å². The lowest BCUT2D eigenvalue weighted by Crippen LogP contribution is -2.45. The molecule has 0 spiro atoms. The number of carbonyl (C=O) groups excluding carboxylic acids is 1. The summed E-state index contributed by atoms with van der Waals surface area (Å²) in [7, 11) is 0. The van der Waals surface area contributed by atoms with E-state index in [9.17, 15) is 13.6 Å². The van der Waals surface area contributed by atoms with Crippen molar-refractivity contribution in [2.24, 2.45) is 0 Å². The number of carbonyl (C=O) groups is 1. The summed E-state index contributed by atoms with van der Waals surface area (Å²) in [5.74, 6) is -1.15. The molecule has 25 heavy (non-hydrogen) atoms. The third-order valence-corrected chi connectivity index (χ3v) is 4.84. The Balaban J connectivity index is 1.53. The minimum atomic E-state index is -0.843. The predicted molar refractivity (Wildman–Crippen MR) is 90.0 cm³/mol. The molecule has 2 aromatic carbocycles. The van der Waals surface area contributed by atoms with Crippen LogP contribution in [0.15, 0.2) is 42.5 Å². The molecule has 2 aliphatic rings. The molecule has 4 rings (SSSR count). The van der Waals surface area contributed by atoms with Gasteiger partial charge in [0.1, 0.15) is 12.4 Å². The summed E-state index contributed by atoms with van der Waals surface area (Å²) in [6, 6.07) is 11.5. The van der Waals surface area contributed by atoms with E-state index >= 15 is 0 Å². The molecule has 2 amide bonds. The molecule has 0 aliphatic carbocycles. The SMILES string of the molecule is O=C(N1CCC(c2cccc(F)c2F)C1)N1CCOc2ccccc21. The smallest absolute Gasteiger partial charge is 0.324 e. The summed E-state index contributed by atoms with van der Waals surface area (Å²) in [4.78, 5) is 16.3. The van der Waals surface area contributed by atoms with Crippen molar-refractivity contribution in [3.05, 3.63) is 59.7 Å². The van der Waals surface area contributed by atoms with E-state index in [0.717, 1.165) is 11.8 Å². The van der Waals surface area contributed by atoms with Gasteiger partial charge < -0.3 is 9.64 Å². The van der Waals surface area contributed by atoms with Crippen LogP contribution in [0.2, 0.25) is 0 Å². The highest BCUT2D eigenvalue weighted by atomic mass is 19.2. The maximum atomic E-state index is 14.0. The van der Waals surface area contributed by atoms with Crippen molar-refractivity contribution in [3.63, 3.8) is 0 Å². The molecule has 1 saturated heterocycles. The quantitative estimate of drug-likeness (QED) is 0.789. The van der Waals surface area contributed by atoms with Crippen LogP contribution in [0, 0.1) is 11.6 Å². The van der Waals surface area contributed by atoms with E-state index in [1.807, 2.05) is 24.3 Å². The number of ether oxygens (including phenoxy) is 1. The van der Waals surface area contributed by atoms with Crippen LogP contribution in [0.25, 0.3) is 0 Å². The Labute approximate surface area is 144 Å². The zero-order chi connectivity index (χ0) is 17.4. The molecule has 1 fully saturated rings. The number of rotatable bonds is 1. The highest BCUT2D eigenvalue weighted by Gasteiger charge is 2.34. The molecule has 2 heterocycles. The van der Waals surface area contributed by atoms with Crippen molar-refractivity contribution < 1.29 is 18.3 Å². The largest absolute Gasteiger partial charge is 0.490 e. The average molecular weight is 344 g/mol. The number of halogens is 2. The molecule has 0 saturated carbocycles. The van der Waals surface area contributed by atoms with Crippen molar-refractivity contribution in [2.45, 2.75) is 12.3 Å². The topological polar surface area (TPSA) is 32.8 Å². The van der Waals surface area contributed by atoms with Crippen LogP contribution in [-0.4, -0.2) is 37.2 Å². The number of anilines is 1. The lowest BCUT2D eigenvalue weighted by Gasteiger charge is -2.32. The van der Waals surface area contributed by atoms with Crippen molar-refractivity contribution in [1.29, 1.82) is 0 Å². The Hall–Kier alpha value is -2.63. The first-order valence-electron chi connectivity index (χ1n) is 8.37. The maximum Gasteiger partial charge on any atom is 0.324 e. The molecular formula is C19H18F2N2O2. The van der Waals surface area contributed by atoms with Crippen LogP contribution >= 0.6 is 0 Å². The number of hydrogen-bond acceptors (Lipinski definition) is 2. The summed E-state index contributed by atoms with van der Waals surface area (Å²) in [5.41, 5.74) is 1.09. The van der Waals surface area contributed by atoms with Gasteiger partial charge in [0, 0.05) is 19.0 Å². The van der Waals surface area contributed by atoms with Crippen molar-refractivity contribution in [3.8, 4) is 5.75 Å². The third-order valence-electron chi connectivity index (χ3n) is 4.84. The molecule has 0 aromatic heterocycles. The van der Waals surface area contributed by atoms with Gasteiger partial charge in [-0.1, -0.05) is 24.3 Å². The van der Waals surface area contributed by atoms with Crippen LogP contribution in [0.5, 0.6) is 5.75 Å². The van der Waals surface area contributed by atoms with Gasteiger partial charge in [0.05, 0.1) is 12.2 Å². The van der Waals surface area contributed by atoms with Gasteiger partial charge >= 0.3 is 6.03 Å². The van der Waals surface area contributed by atoms with Gasteiger partial charge in [-0.15, -0.1) is 0 Å². The number of para-hydroxylation sites is 2. The van der Waals surface area contributed by atoms with Crippen molar-refractivity contribution >= 4 is 11.7 Å². The van der Waals surface area contributed by atoms with Gasteiger partial charge in [0.15, 0.2) is 11.6 Å². The first-order chi connectivity index (χ1) is 12.1. The van der Waals surface area contributed by atoms with Crippen LogP contribution in [0.4, 0.5) is 19.3 Å². The summed E-state index contributed by atoms with van der Waals surface area (Å²) in [6.45, 7) is 1.83. The highest BCUT2D eigenvalue weighted by molar-refractivity contribution is 5.94. The van der Waals surface area contributed by atoms with Crippen molar-refractivity contribution in [2.75, 3.05) is 31.1 Å². The van der Waals surface area contributed by atoms with Crippen molar-refractivity contribution in [1.82, 2.24) is 4.90 Å². The third kappa shape index (κ3) is 2.81. The Morgan fingerprint density at radius 3 is 2.80 bits per heavy atom. The Kier molecular flexibility index (Phi) is 4.03. The number of hydrogen-bond donors (Lipinski definition) is 0. The first-order valence-corrected chi connectivity index (χ1v) is 8.37. The maximum absolute atomic E-state index is 14.0. The first kappa shape index (κ1) is 15.9. The number of nitrogens with zero attached hydrogens (tertiary/aromatic N) is 2. The van der Waals surface area contributed by atoms with Crippen LogP contribution in [0.1, 0.15) is 17.9 Å². The van der Waals surface area contributed by atoms with E-state index in [2.05, 4.69) is 0 Å². The van der Waals surface area contributed by atoms with E-state index in [-0.39, 0.29) is 11.9 Å². The summed E-state index contributed by atoms with van der Waals surface area (Å²) in [5, 5.41) is 0. The fraction of sp³-hybridized carbons (Fsp3) is 0.316. The fourth-order valence-corrected chi connectivity index (χ4v) is 3.56. The van der Waals surface area contributed by atoms with Gasteiger partial charge in [-0.05, 0) is 30.2 Å². The number of likely N-dealkylation sites (tertiary alicyclic amines) is 1. The Morgan fingerprint density at radius 1 is 1.08 bits per heavy atom. The molecule has 2 aliphatic heterocycles. The molecule has 130 valence electrons. The number of urea groups is 1. The fourth-order valence-electron chi connectivity index (χ4n) is 3.56. The van der Waals surface area contributed by atoms with Gasteiger partial charge in [-0.25, -0.2) is 13.6 Å². The zero-order valence-electron chi connectivity index (χ0n) is 13.6. The Morgan fingerprint density at radius 2 is 1.92 bits per heavy atom. The lowest BCUT2D eigenvalue weighted by atomic mass is 9.98. The van der Waals surface area contributed by atoms with Crippen LogP contribution in [-0.2, 0) is 0 Å². The lowest BCUT2D eigenvalue weighted by molar-refractivity contribution is 0.209. The van der Waals surface area contributed by atoms with Gasteiger partial charge in [-0.3, -0.25) is 4.90 Å². The average Bonchev–Trinajstić information content (AvgIpc) is 3.13. The molecule has 0 radical (unpaired) electrons. The monoisotopic (exact) mass is 344 g/mol. The summed E-state index contributed by atoms with van der Waals surface area (Å²) in [6.07, 6.45) is 0.623. The second-order valence-corrected chi connectivity index (χ2v) is 6.33. The zero-order valence-corrected chi connectivity index (χ0v) is 13.6. The minimum absolute atomic E-state index is 0.116. The number of benzene rings is 2. The molecule has 4 nitrogen and oxygen atoms in total. The number of fused-ring (bicyclic) bond motifs is 1. The molecule has 2 aromatic rings. The minimum Gasteiger partial charge on any atom is -0.490 e. The summed E-state index contributed by atoms with van der Waals surface area (Å²) < 4.78 is 33.1. The summed E-state index contributed by atoms with van der Waals surface area (Å²) >= 11 is 0. The predicted octanol–water partition coefficient (Wildman–Crippen LogP) is 3.77. The Bertz CT molecular complexity index is 812. The number of amides is 2. The second-order valence-electron chi connectivity index (χ2n) is 6.33. The van der Waals surface area contributed by atoms with Gasteiger partial charge in [-0.2, -0.15) is 0 Å². The molecule has 0 N–H and O–H groups in total. The van der Waals surface area contributed by atoms with E-state index in [1.54, 1.807) is 15.9 Å². The highest BCUT2D eigenvalue weighted by Crippen LogP contribution is 2.34. The van der Waals surface area contributed by atoms with E-state index < -0.39 is 11.6 Å². The molecule has 0 bridgehead atoms. The van der Waals surface area contributed by atoms with Crippen LogP contribution < -0.4 is 9.64 Å². The van der Waals surface area contributed by atoms with Crippen LogP contribution in [0.3, 0.4) is 0 Å². The van der Waals surface area contributed by atoms with E-state index in [4.69, 9.17) is 4.74 Å². The molecular weight excluding hydrogens is 326 g/mol. The van der Waals surface area contributed by atoms with E-state index in [0.29, 0.717) is 44.0 Å².